The molecule has 3 N–H and O–H groups in total. The first-order valence-electron chi connectivity index (χ1n) is 8.59. The number of carbonyl (C=O) groups excluding carboxylic acids is 3. The summed E-state index contributed by atoms with van der Waals surface area (Å²) in [5, 5.41) is 2.45. The van der Waals surface area contributed by atoms with Gasteiger partial charge in [0.05, 0.1) is 12.5 Å². The van der Waals surface area contributed by atoms with Gasteiger partial charge in [-0.3, -0.25) is 14.4 Å². The molecule has 3 rings (SSSR count). The number of nitrogens with two attached hydrogens (primary N) is 1. The lowest BCUT2D eigenvalue weighted by atomic mass is 9.85. The van der Waals surface area contributed by atoms with E-state index in [0.717, 1.165) is 12.1 Å². The van der Waals surface area contributed by atoms with E-state index in [1.54, 1.807) is 24.3 Å². The highest BCUT2D eigenvalue weighted by molar-refractivity contribution is 6.22. The van der Waals surface area contributed by atoms with Crippen LogP contribution in [0, 0.1) is 11.6 Å². The Morgan fingerprint density at radius 1 is 1.18 bits per heavy atom. The lowest BCUT2D eigenvalue weighted by molar-refractivity contribution is -0.136. The number of ketones is 1. The summed E-state index contributed by atoms with van der Waals surface area (Å²) >= 11 is 0. The standard InChI is InChI=1S/C20H19F2N3O3/c1-11(24-17(26)9-12-7-13(21)10-14(22)8-12)18(27)20(23)15-5-3-4-6-16(15)25(2)19(20)28/h3-8,10-11H,9,23H2,1-2H3,(H,24,26)/t11-,20?/m0/s1. The summed E-state index contributed by atoms with van der Waals surface area (Å²) in [6.07, 6.45) is -0.325. The number of Topliss-reactive ketones (excluding diaryl/α,β-unsaturated/α-hetero) is 1. The van der Waals surface area contributed by atoms with E-state index in [2.05, 4.69) is 5.32 Å². The van der Waals surface area contributed by atoms with Crippen LogP contribution in [-0.4, -0.2) is 30.7 Å². The molecule has 1 aliphatic rings. The molecule has 6 nitrogen and oxygen atoms in total. The number of nitrogens with zero attached hydrogens (tertiary/aromatic N) is 1. The second-order valence-corrected chi connectivity index (χ2v) is 6.80. The van der Waals surface area contributed by atoms with Gasteiger partial charge in [-0.05, 0) is 30.7 Å². The largest absolute Gasteiger partial charge is 0.346 e. The molecule has 0 fully saturated rings. The highest BCUT2D eigenvalue weighted by atomic mass is 19.1. The molecule has 0 aliphatic carbocycles. The van der Waals surface area contributed by atoms with Crippen LogP contribution in [0.15, 0.2) is 42.5 Å². The van der Waals surface area contributed by atoms with E-state index in [1.807, 2.05) is 0 Å². The Bertz CT molecular complexity index is 959. The van der Waals surface area contributed by atoms with Crippen LogP contribution < -0.4 is 16.0 Å². The van der Waals surface area contributed by atoms with Crippen molar-refractivity contribution in [2.75, 3.05) is 11.9 Å². The van der Waals surface area contributed by atoms with Crippen LogP contribution in [0.5, 0.6) is 0 Å². The Balaban J connectivity index is 1.77. The second-order valence-electron chi connectivity index (χ2n) is 6.80. The van der Waals surface area contributed by atoms with Gasteiger partial charge >= 0.3 is 0 Å². The predicted octanol–water partition coefficient (Wildman–Crippen LogP) is 1.41. The Kier molecular flexibility index (Phi) is 4.99. The monoisotopic (exact) mass is 387 g/mol. The number of amides is 2. The summed E-state index contributed by atoms with van der Waals surface area (Å²) in [6.45, 7) is 1.41. The lowest BCUT2D eigenvalue weighted by Crippen LogP contribution is -2.58. The molecule has 0 spiro atoms. The lowest BCUT2D eigenvalue weighted by Gasteiger charge is -2.25. The maximum atomic E-state index is 13.3. The molecule has 28 heavy (non-hydrogen) atoms. The van der Waals surface area contributed by atoms with Crippen LogP contribution in [-0.2, 0) is 26.3 Å². The summed E-state index contributed by atoms with van der Waals surface area (Å²) in [4.78, 5) is 39.2. The molecule has 8 heteroatoms. The third-order valence-corrected chi connectivity index (χ3v) is 4.78. The van der Waals surface area contributed by atoms with Crippen molar-refractivity contribution >= 4 is 23.3 Å². The van der Waals surface area contributed by atoms with E-state index in [0.29, 0.717) is 17.3 Å². The van der Waals surface area contributed by atoms with E-state index >= 15 is 0 Å². The quantitative estimate of drug-likeness (QED) is 0.759. The molecule has 1 heterocycles. The predicted molar refractivity (Wildman–Crippen MR) is 98.4 cm³/mol. The van der Waals surface area contributed by atoms with Crippen molar-refractivity contribution in [3.05, 3.63) is 65.2 Å². The number of likely N-dealkylation sites (N-methyl/N-ethyl adjacent to an activating group) is 1. The van der Waals surface area contributed by atoms with Gasteiger partial charge in [0.15, 0.2) is 11.3 Å². The van der Waals surface area contributed by atoms with Crippen molar-refractivity contribution in [2.45, 2.75) is 24.9 Å². The zero-order chi connectivity index (χ0) is 20.6. The smallest absolute Gasteiger partial charge is 0.259 e. The minimum absolute atomic E-state index is 0.124. The Morgan fingerprint density at radius 3 is 2.43 bits per heavy atom. The van der Waals surface area contributed by atoms with Gasteiger partial charge in [0.1, 0.15) is 11.6 Å². The first-order valence-corrected chi connectivity index (χ1v) is 8.59. The van der Waals surface area contributed by atoms with Crippen molar-refractivity contribution in [1.29, 1.82) is 0 Å². The summed E-state index contributed by atoms with van der Waals surface area (Å²) in [5.41, 5.74) is 5.32. The van der Waals surface area contributed by atoms with Gasteiger partial charge in [-0.1, -0.05) is 18.2 Å². The van der Waals surface area contributed by atoms with E-state index in [9.17, 15) is 23.2 Å². The molecule has 2 atom stereocenters. The molecule has 0 aromatic heterocycles. The summed E-state index contributed by atoms with van der Waals surface area (Å²) in [6, 6.07) is 8.35. The number of fused-ring (bicyclic) bond motifs is 1. The minimum atomic E-state index is -1.91. The number of halogens is 2. The number of para-hydroxylation sites is 1. The third-order valence-electron chi connectivity index (χ3n) is 4.78. The topological polar surface area (TPSA) is 92.5 Å². The van der Waals surface area contributed by atoms with Gasteiger partial charge in [-0.25, -0.2) is 8.78 Å². The van der Waals surface area contributed by atoms with Crippen LogP contribution in [0.2, 0.25) is 0 Å². The molecule has 146 valence electrons. The number of rotatable bonds is 5. The van der Waals surface area contributed by atoms with Crippen molar-refractivity contribution in [1.82, 2.24) is 5.32 Å². The fourth-order valence-electron chi connectivity index (χ4n) is 3.42. The van der Waals surface area contributed by atoms with Crippen molar-refractivity contribution in [2.24, 2.45) is 5.73 Å². The normalized spacial score (nSPS) is 19.3. The van der Waals surface area contributed by atoms with Gasteiger partial charge in [0, 0.05) is 24.4 Å². The van der Waals surface area contributed by atoms with E-state index in [1.165, 1.54) is 18.9 Å². The molecule has 2 amide bonds. The van der Waals surface area contributed by atoms with E-state index < -0.39 is 40.8 Å². The number of benzene rings is 2. The summed E-state index contributed by atoms with van der Waals surface area (Å²) < 4.78 is 26.5. The minimum Gasteiger partial charge on any atom is -0.346 e. The van der Waals surface area contributed by atoms with Crippen LogP contribution in [0.25, 0.3) is 0 Å². The summed E-state index contributed by atoms with van der Waals surface area (Å²) in [7, 11) is 1.52. The summed E-state index contributed by atoms with van der Waals surface area (Å²) in [5.74, 6) is -3.49. The molecule has 1 aliphatic heterocycles. The number of carbonyl (C=O) groups is 3. The molecule has 0 saturated carbocycles. The number of hydrogen-bond donors (Lipinski definition) is 2. The number of nitrogens with one attached hydrogen (secondary N) is 1. The fourth-order valence-corrected chi connectivity index (χ4v) is 3.42. The van der Waals surface area contributed by atoms with Crippen LogP contribution in [0.3, 0.4) is 0 Å². The molecular formula is C20H19F2N3O3. The molecule has 0 saturated heterocycles. The maximum absolute atomic E-state index is 13.3. The average molecular weight is 387 g/mol. The van der Waals surface area contributed by atoms with Crippen molar-refractivity contribution in [3.8, 4) is 0 Å². The van der Waals surface area contributed by atoms with Crippen LogP contribution in [0.4, 0.5) is 14.5 Å². The van der Waals surface area contributed by atoms with Gasteiger partial charge in [-0.2, -0.15) is 0 Å². The number of hydrogen-bond acceptors (Lipinski definition) is 4. The van der Waals surface area contributed by atoms with Gasteiger partial charge in [0.2, 0.25) is 5.91 Å². The molecule has 0 bridgehead atoms. The first-order chi connectivity index (χ1) is 13.1. The van der Waals surface area contributed by atoms with Crippen molar-refractivity contribution in [3.63, 3.8) is 0 Å². The second kappa shape index (κ2) is 7.12. The van der Waals surface area contributed by atoms with E-state index in [-0.39, 0.29) is 12.0 Å². The van der Waals surface area contributed by atoms with Crippen LogP contribution in [0.1, 0.15) is 18.1 Å². The Labute approximate surface area is 160 Å². The SMILES string of the molecule is C[C@H](NC(=O)Cc1cc(F)cc(F)c1)C(=O)C1(N)C(=O)N(C)c2ccccc21. The highest BCUT2D eigenvalue weighted by Crippen LogP contribution is 2.38. The van der Waals surface area contributed by atoms with Crippen LogP contribution >= 0.6 is 0 Å². The Morgan fingerprint density at radius 2 is 1.79 bits per heavy atom. The maximum Gasteiger partial charge on any atom is 0.259 e. The Hall–Kier alpha value is -3.13. The zero-order valence-corrected chi connectivity index (χ0v) is 15.3. The third kappa shape index (κ3) is 3.27. The molecule has 2 aromatic carbocycles. The molecule has 2 aromatic rings. The zero-order valence-electron chi connectivity index (χ0n) is 15.3. The molecule has 1 unspecified atom stereocenters. The fraction of sp³-hybridized carbons (Fsp3) is 0.250. The first kappa shape index (κ1) is 19.6. The number of anilines is 1. The van der Waals surface area contributed by atoms with Crippen molar-refractivity contribution < 1.29 is 23.2 Å². The van der Waals surface area contributed by atoms with Gasteiger partial charge < -0.3 is 16.0 Å². The van der Waals surface area contributed by atoms with Gasteiger partial charge in [-0.15, -0.1) is 0 Å². The van der Waals surface area contributed by atoms with E-state index in [4.69, 9.17) is 5.73 Å². The average Bonchev–Trinajstić information content (AvgIpc) is 2.83. The molecule has 0 radical (unpaired) electrons. The highest BCUT2D eigenvalue weighted by Gasteiger charge is 2.53. The molecular weight excluding hydrogens is 368 g/mol. The van der Waals surface area contributed by atoms with Gasteiger partial charge in [0.25, 0.3) is 5.91 Å².